The van der Waals surface area contributed by atoms with Crippen LogP contribution in [0.2, 0.25) is 0 Å². The number of methoxy groups -OCH3 is 1. The van der Waals surface area contributed by atoms with E-state index >= 15 is 0 Å². The highest BCUT2D eigenvalue weighted by molar-refractivity contribution is 5.93. The Morgan fingerprint density at radius 2 is 1.73 bits per heavy atom. The average Bonchev–Trinajstić information content (AvgIpc) is 3.19. The smallest absolute Gasteiger partial charge is 0.363 e. The first kappa shape index (κ1) is 21.0. The van der Waals surface area contributed by atoms with Gasteiger partial charge in [0.1, 0.15) is 5.82 Å². The van der Waals surface area contributed by atoms with Crippen molar-refractivity contribution in [2.45, 2.75) is 26.0 Å². The summed E-state index contributed by atoms with van der Waals surface area (Å²) in [7, 11) is 1.42. The molecule has 0 saturated heterocycles. The molecule has 0 aliphatic carbocycles. The molecule has 8 heteroatoms. The molecule has 0 spiro atoms. The molecule has 0 saturated carbocycles. The highest BCUT2D eigenvalue weighted by Crippen LogP contribution is 2.21. The standard InChI is InChI=1S/C22H22FN3O4/c1-14(16-9-11-17(23)12-10-16)24-21(27)15(2)30-22(28)20-19(29-3)13-26(25-20)18-7-5-4-6-8-18/h4-15H,1-3H3,(H,24,27)/t14-,15+/m1/s1. The Hall–Kier alpha value is -3.68. The van der Waals surface area contributed by atoms with Crippen LogP contribution >= 0.6 is 0 Å². The van der Waals surface area contributed by atoms with E-state index in [2.05, 4.69) is 10.4 Å². The van der Waals surface area contributed by atoms with Crippen molar-refractivity contribution in [1.29, 1.82) is 0 Å². The topological polar surface area (TPSA) is 82.5 Å². The van der Waals surface area contributed by atoms with E-state index in [1.165, 1.54) is 30.8 Å². The third-order valence-corrected chi connectivity index (χ3v) is 4.50. The van der Waals surface area contributed by atoms with E-state index in [1.807, 2.05) is 30.3 Å². The Kier molecular flexibility index (Phi) is 6.46. The number of nitrogens with zero attached hydrogens (tertiary/aromatic N) is 2. The van der Waals surface area contributed by atoms with Crippen molar-refractivity contribution in [3.8, 4) is 11.4 Å². The zero-order chi connectivity index (χ0) is 21.7. The number of aromatic nitrogens is 2. The van der Waals surface area contributed by atoms with Crippen LogP contribution < -0.4 is 10.1 Å². The predicted octanol–water partition coefficient (Wildman–Crippen LogP) is 3.44. The minimum atomic E-state index is -1.06. The second-order valence-corrected chi connectivity index (χ2v) is 6.66. The largest absolute Gasteiger partial charge is 0.493 e. The molecule has 30 heavy (non-hydrogen) atoms. The number of ether oxygens (including phenoxy) is 2. The van der Waals surface area contributed by atoms with Crippen LogP contribution in [-0.2, 0) is 9.53 Å². The van der Waals surface area contributed by atoms with Crippen LogP contribution in [0.1, 0.15) is 35.9 Å². The number of carbonyl (C=O) groups excluding carboxylic acids is 2. The summed E-state index contributed by atoms with van der Waals surface area (Å²) in [6.07, 6.45) is 0.500. The van der Waals surface area contributed by atoms with Crippen LogP contribution in [-0.4, -0.2) is 34.9 Å². The molecule has 2 aromatic carbocycles. The van der Waals surface area contributed by atoms with Crippen molar-refractivity contribution >= 4 is 11.9 Å². The first-order chi connectivity index (χ1) is 14.4. The Balaban J connectivity index is 1.67. The summed E-state index contributed by atoms with van der Waals surface area (Å²) in [5.41, 5.74) is 1.44. The molecular weight excluding hydrogens is 389 g/mol. The quantitative estimate of drug-likeness (QED) is 0.602. The fourth-order valence-electron chi connectivity index (χ4n) is 2.80. The maximum Gasteiger partial charge on any atom is 0.363 e. The predicted molar refractivity (Wildman–Crippen MR) is 108 cm³/mol. The lowest BCUT2D eigenvalue weighted by Crippen LogP contribution is -2.37. The van der Waals surface area contributed by atoms with E-state index in [0.717, 1.165) is 11.3 Å². The van der Waals surface area contributed by atoms with Gasteiger partial charge in [0.15, 0.2) is 11.9 Å². The highest BCUT2D eigenvalue weighted by atomic mass is 19.1. The summed E-state index contributed by atoms with van der Waals surface area (Å²) in [4.78, 5) is 25.0. The van der Waals surface area contributed by atoms with Gasteiger partial charge in [0, 0.05) is 0 Å². The normalized spacial score (nSPS) is 12.7. The van der Waals surface area contributed by atoms with Gasteiger partial charge in [0.25, 0.3) is 5.91 Å². The van der Waals surface area contributed by atoms with Gasteiger partial charge in [-0.2, -0.15) is 5.10 Å². The van der Waals surface area contributed by atoms with Crippen LogP contribution in [0, 0.1) is 5.82 Å². The van der Waals surface area contributed by atoms with Crippen molar-refractivity contribution in [2.75, 3.05) is 7.11 Å². The van der Waals surface area contributed by atoms with E-state index in [9.17, 15) is 14.0 Å². The van der Waals surface area contributed by atoms with Crippen LogP contribution in [0.3, 0.4) is 0 Å². The van der Waals surface area contributed by atoms with Crippen LogP contribution in [0.4, 0.5) is 4.39 Å². The number of nitrogens with one attached hydrogen (secondary N) is 1. The van der Waals surface area contributed by atoms with Crippen molar-refractivity contribution in [3.63, 3.8) is 0 Å². The number of rotatable bonds is 7. The molecule has 7 nitrogen and oxygen atoms in total. The zero-order valence-electron chi connectivity index (χ0n) is 16.8. The van der Waals surface area contributed by atoms with E-state index in [0.29, 0.717) is 0 Å². The fourth-order valence-corrected chi connectivity index (χ4v) is 2.80. The van der Waals surface area contributed by atoms with Crippen molar-refractivity contribution < 1.29 is 23.5 Å². The summed E-state index contributed by atoms with van der Waals surface area (Å²) >= 11 is 0. The molecule has 2 atom stereocenters. The minimum Gasteiger partial charge on any atom is -0.493 e. The first-order valence-corrected chi connectivity index (χ1v) is 9.35. The second-order valence-electron chi connectivity index (χ2n) is 6.66. The van der Waals surface area contributed by atoms with Gasteiger partial charge in [-0.1, -0.05) is 30.3 Å². The average molecular weight is 411 g/mol. The maximum atomic E-state index is 13.1. The summed E-state index contributed by atoms with van der Waals surface area (Å²) in [5.74, 6) is -1.39. The van der Waals surface area contributed by atoms with Crippen molar-refractivity contribution in [3.05, 3.63) is 77.9 Å². The number of carbonyl (C=O) groups is 2. The zero-order valence-corrected chi connectivity index (χ0v) is 16.8. The molecular formula is C22H22FN3O4. The van der Waals surface area contributed by atoms with Gasteiger partial charge in [0.2, 0.25) is 5.69 Å². The number of amides is 1. The number of hydrogen-bond donors (Lipinski definition) is 1. The second kappa shape index (κ2) is 9.21. The summed E-state index contributed by atoms with van der Waals surface area (Å²) in [6.45, 7) is 3.22. The monoisotopic (exact) mass is 411 g/mol. The Morgan fingerprint density at radius 1 is 1.07 bits per heavy atom. The van der Waals surface area contributed by atoms with E-state index < -0.39 is 18.0 Å². The molecule has 0 aliphatic rings. The van der Waals surface area contributed by atoms with E-state index in [1.54, 1.807) is 25.3 Å². The maximum absolute atomic E-state index is 13.1. The molecule has 156 valence electrons. The lowest BCUT2D eigenvalue weighted by molar-refractivity contribution is -0.129. The van der Waals surface area contributed by atoms with Crippen LogP contribution in [0.25, 0.3) is 5.69 Å². The fraction of sp³-hybridized carbons (Fsp3) is 0.227. The lowest BCUT2D eigenvalue weighted by atomic mass is 10.1. The van der Waals surface area contributed by atoms with Gasteiger partial charge >= 0.3 is 5.97 Å². The van der Waals surface area contributed by atoms with Crippen LogP contribution in [0.15, 0.2) is 60.8 Å². The molecule has 1 N–H and O–H groups in total. The van der Waals surface area contributed by atoms with Gasteiger partial charge in [-0.05, 0) is 43.7 Å². The minimum absolute atomic E-state index is 0.0346. The molecule has 3 aromatic rings. The molecule has 1 amide bonds. The Bertz CT molecular complexity index is 1020. The number of benzene rings is 2. The number of hydrogen-bond acceptors (Lipinski definition) is 5. The van der Waals surface area contributed by atoms with Crippen molar-refractivity contribution in [2.24, 2.45) is 0 Å². The van der Waals surface area contributed by atoms with Crippen LogP contribution in [0.5, 0.6) is 5.75 Å². The molecule has 0 fully saturated rings. The molecule has 0 bridgehead atoms. The van der Waals surface area contributed by atoms with Gasteiger partial charge < -0.3 is 14.8 Å². The summed E-state index contributed by atoms with van der Waals surface area (Å²) in [5, 5.41) is 6.97. The number of para-hydroxylation sites is 1. The molecule has 0 radical (unpaired) electrons. The van der Waals surface area contributed by atoms with Gasteiger partial charge in [-0.15, -0.1) is 0 Å². The van der Waals surface area contributed by atoms with E-state index in [4.69, 9.17) is 9.47 Å². The third kappa shape index (κ3) is 4.83. The molecule has 1 aromatic heterocycles. The highest BCUT2D eigenvalue weighted by Gasteiger charge is 2.25. The number of halogens is 1. The van der Waals surface area contributed by atoms with Gasteiger partial charge in [0.05, 0.1) is 25.0 Å². The van der Waals surface area contributed by atoms with E-state index in [-0.39, 0.29) is 23.3 Å². The Morgan fingerprint density at radius 3 is 2.37 bits per heavy atom. The molecule has 3 rings (SSSR count). The summed E-state index contributed by atoms with van der Waals surface area (Å²) in [6, 6.07) is 14.6. The van der Waals surface area contributed by atoms with Gasteiger partial charge in [-0.3, -0.25) is 4.79 Å². The molecule has 0 unspecified atom stereocenters. The number of esters is 1. The SMILES string of the molecule is COc1cn(-c2ccccc2)nc1C(=O)O[C@@H](C)C(=O)N[C@H](C)c1ccc(F)cc1. The Labute approximate surface area is 173 Å². The lowest BCUT2D eigenvalue weighted by Gasteiger charge is -2.18. The third-order valence-electron chi connectivity index (χ3n) is 4.50. The summed E-state index contributed by atoms with van der Waals surface area (Å²) < 4.78 is 25.1. The first-order valence-electron chi connectivity index (χ1n) is 9.35. The molecule has 1 heterocycles. The molecule has 0 aliphatic heterocycles. The van der Waals surface area contributed by atoms with Gasteiger partial charge in [-0.25, -0.2) is 13.9 Å². The van der Waals surface area contributed by atoms with Crippen molar-refractivity contribution in [1.82, 2.24) is 15.1 Å².